The summed E-state index contributed by atoms with van der Waals surface area (Å²) >= 11 is 0. The maximum Gasteiger partial charge on any atom is -0.0443 e. The molecule has 0 aliphatic carbocycles. The standard InChI is InChI=1S/C31H64/c1-5-6-7-8-9-10-11-12-13-14-15-16-17-18-19-20-21-22-23-24-25-28-31(4)29-26-27-30(2)3/h30-31H,5-29H2,1-4H3. The lowest BCUT2D eigenvalue weighted by Gasteiger charge is -2.12. The van der Waals surface area contributed by atoms with E-state index in [9.17, 15) is 0 Å². The largest absolute Gasteiger partial charge is 0.0654 e. The van der Waals surface area contributed by atoms with Gasteiger partial charge >= 0.3 is 0 Å². The molecule has 188 valence electrons. The Morgan fingerprint density at radius 1 is 0.323 bits per heavy atom. The first-order chi connectivity index (χ1) is 15.2. The molecule has 0 heteroatoms. The summed E-state index contributed by atoms with van der Waals surface area (Å²) in [6.45, 7) is 9.48. The molecule has 0 spiro atoms. The lowest BCUT2D eigenvalue weighted by molar-refractivity contribution is 0.417. The maximum absolute atomic E-state index is 2.47. The van der Waals surface area contributed by atoms with Crippen molar-refractivity contribution in [2.45, 2.75) is 188 Å². The van der Waals surface area contributed by atoms with Crippen LogP contribution in [0.15, 0.2) is 0 Å². The summed E-state index contributed by atoms with van der Waals surface area (Å²) in [4.78, 5) is 0. The Bertz CT molecular complexity index is 305. The van der Waals surface area contributed by atoms with Gasteiger partial charge < -0.3 is 0 Å². The van der Waals surface area contributed by atoms with E-state index in [1.165, 1.54) is 161 Å². The Balaban J connectivity index is 3.08. The Hall–Kier alpha value is 0. The Morgan fingerprint density at radius 2 is 0.613 bits per heavy atom. The summed E-state index contributed by atoms with van der Waals surface area (Å²) in [6.07, 6.45) is 36.8. The maximum atomic E-state index is 2.47. The number of rotatable bonds is 26. The predicted octanol–water partition coefficient (Wildman–Crippen LogP) is 12.1. The first kappa shape index (κ1) is 31.0. The van der Waals surface area contributed by atoms with Crippen LogP contribution in [0.3, 0.4) is 0 Å². The highest BCUT2D eigenvalue weighted by Gasteiger charge is 2.03. The molecule has 1 unspecified atom stereocenters. The van der Waals surface area contributed by atoms with Gasteiger partial charge in [0.1, 0.15) is 0 Å². The second-order valence-electron chi connectivity index (χ2n) is 11.3. The highest BCUT2D eigenvalue weighted by molar-refractivity contribution is 4.57. The van der Waals surface area contributed by atoms with Gasteiger partial charge in [-0.3, -0.25) is 0 Å². The van der Waals surface area contributed by atoms with Crippen molar-refractivity contribution in [2.24, 2.45) is 11.8 Å². The SMILES string of the molecule is CCCCCCCCCCCCCCCCCCCCCCCC(C)CCCC(C)C. The van der Waals surface area contributed by atoms with E-state index in [1.54, 1.807) is 0 Å². The van der Waals surface area contributed by atoms with Gasteiger partial charge in [-0.2, -0.15) is 0 Å². The van der Waals surface area contributed by atoms with Gasteiger partial charge in [0.05, 0.1) is 0 Å². The van der Waals surface area contributed by atoms with E-state index in [0.29, 0.717) is 0 Å². The molecule has 0 nitrogen and oxygen atoms in total. The van der Waals surface area contributed by atoms with E-state index in [1.807, 2.05) is 0 Å². The highest BCUT2D eigenvalue weighted by atomic mass is 14.1. The molecule has 0 saturated heterocycles. The van der Waals surface area contributed by atoms with Gasteiger partial charge in [-0.25, -0.2) is 0 Å². The van der Waals surface area contributed by atoms with Gasteiger partial charge in [-0.05, 0) is 11.8 Å². The van der Waals surface area contributed by atoms with Crippen molar-refractivity contribution in [2.75, 3.05) is 0 Å². The van der Waals surface area contributed by atoms with Gasteiger partial charge in [0.15, 0.2) is 0 Å². The summed E-state index contributed by atoms with van der Waals surface area (Å²) in [5.41, 5.74) is 0. The molecular formula is C31H64. The molecule has 0 aromatic carbocycles. The molecule has 0 rings (SSSR count). The summed E-state index contributed by atoms with van der Waals surface area (Å²) < 4.78 is 0. The van der Waals surface area contributed by atoms with Crippen molar-refractivity contribution in [3.63, 3.8) is 0 Å². The molecule has 0 fully saturated rings. The third kappa shape index (κ3) is 28.0. The van der Waals surface area contributed by atoms with Crippen LogP contribution in [-0.2, 0) is 0 Å². The fourth-order valence-corrected chi connectivity index (χ4v) is 4.94. The molecule has 0 N–H and O–H groups in total. The smallest absolute Gasteiger partial charge is 0.0443 e. The zero-order chi connectivity index (χ0) is 22.8. The van der Waals surface area contributed by atoms with Crippen molar-refractivity contribution in [1.82, 2.24) is 0 Å². The summed E-state index contributed by atoms with van der Waals surface area (Å²) in [7, 11) is 0. The van der Waals surface area contributed by atoms with Gasteiger partial charge in [-0.1, -0.05) is 188 Å². The number of hydrogen-bond acceptors (Lipinski definition) is 0. The van der Waals surface area contributed by atoms with Crippen LogP contribution in [0.2, 0.25) is 0 Å². The average Bonchev–Trinajstić information content (AvgIpc) is 2.74. The van der Waals surface area contributed by atoms with Crippen LogP contribution in [0, 0.1) is 11.8 Å². The first-order valence-corrected chi connectivity index (χ1v) is 15.2. The second-order valence-corrected chi connectivity index (χ2v) is 11.3. The van der Waals surface area contributed by atoms with Crippen molar-refractivity contribution in [1.29, 1.82) is 0 Å². The molecule has 0 heterocycles. The Labute approximate surface area is 200 Å². The molecule has 1 atom stereocenters. The van der Waals surface area contributed by atoms with Crippen LogP contribution >= 0.6 is 0 Å². The van der Waals surface area contributed by atoms with Crippen LogP contribution in [-0.4, -0.2) is 0 Å². The zero-order valence-electron chi connectivity index (χ0n) is 22.8. The normalized spacial score (nSPS) is 12.7. The van der Waals surface area contributed by atoms with E-state index in [-0.39, 0.29) is 0 Å². The fraction of sp³-hybridized carbons (Fsp3) is 1.00. The molecule has 0 saturated carbocycles. The van der Waals surface area contributed by atoms with Crippen LogP contribution < -0.4 is 0 Å². The van der Waals surface area contributed by atoms with Crippen molar-refractivity contribution in [3.8, 4) is 0 Å². The minimum atomic E-state index is 0.886. The minimum Gasteiger partial charge on any atom is -0.0654 e. The van der Waals surface area contributed by atoms with Crippen LogP contribution in [0.5, 0.6) is 0 Å². The molecule has 0 aliphatic heterocycles. The highest BCUT2D eigenvalue weighted by Crippen LogP contribution is 2.19. The number of hydrogen-bond donors (Lipinski definition) is 0. The van der Waals surface area contributed by atoms with Gasteiger partial charge in [0, 0.05) is 0 Å². The molecular weight excluding hydrogens is 372 g/mol. The summed E-state index contributed by atoms with van der Waals surface area (Å²) in [6, 6.07) is 0. The molecule has 0 aromatic rings. The molecule has 0 amide bonds. The van der Waals surface area contributed by atoms with Crippen molar-refractivity contribution in [3.05, 3.63) is 0 Å². The average molecular weight is 437 g/mol. The van der Waals surface area contributed by atoms with E-state index < -0.39 is 0 Å². The predicted molar refractivity (Wildman–Crippen MR) is 145 cm³/mol. The second kappa shape index (κ2) is 26.3. The van der Waals surface area contributed by atoms with Crippen LogP contribution in [0.4, 0.5) is 0 Å². The van der Waals surface area contributed by atoms with E-state index in [0.717, 1.165) is 11.8 Å². The monoisotopic (exact) mass is 437 g/mol. The van der Waals surface area contributed by atoms with Crippen molar-refractivity contribution < 1.29 is 0 Å². The molecule has 0 aliphatic rings. The molecule has 0 aromatic heterocycles. The molecule has 31 heavy (non-hydrogen) atoms. The quantitative estimate of drug-likeness (QED) is 0.118. The Kier molecular flexibility index (Phi) is 26.3. The van der Waals surface area contributed by atoms with Gasteiger partial charge in [0.2, 0.25) is 0 Å². The fourth-order valence-electron chi connectivity index (χ4n) is 4.94. The third-order valence-electron chi connectivity index (χ3n) is 7.28. The lowest BCUT2D eigenvalue weighted by Crippen LogP contribution is -1.96. The summed E-state index contributed by atoms with van der Waals surface area (Å²) in [5, 5.41) is 0. The van der Waals surface area contributed by atoms with E-state index in [2.05, 4.69) is 27.7 Å². The zero-order valence-corrected chi connectivity index (χ0v) is 22.8. The summed E-state index contributed by atoms with van der Waals surface area (Å²) in [5.74, 6) is 1.84. The van der Waals surface area contributed by atoms with E-state index in [4.69, 9.17) is 0 Å². The topological polar surface area (TPSA) is 0 Å². The van der Waals surface area contributed by atoms with Crippen LogP contribution in [0.1, 0.15) is 188 Å². The number of unbranched alkanes of at least 4 members (excludes halogenated alkanes) is 20. The first-order valence-electron chi connectivity index (χ1n) is 15.2. The Morgan fingerprint density at radius 3 is 0.935 bits per heavy atom. The molecule has 0 bridgehead atoms. The van der Waals surface area contributed by atoms with Crippen LogP contribution in [0.25, 0.3) is 0 Å². The van der Waals surface area contributed by atoms with Gasteiger partial charge in [0.25, 0.3) is 0 Å². The lowest BCUT2D eigenvalue weighted by atomic mass is 9.95. The van der Waals surface area contributed by atoms with Gasteiger partial charge in [-0.15, -0.1) is 0 Å². The van der Waals surface area contributed by atoms with E-state index >= 15 is 0 Å². The third-order valence-corrected chi connectivity index (χ3v) is 7.28. The molecule has 0 radical (unpaired) electrons. The van der Waals surface area contributed by atoms with Crippen molar-refractivity contribution >= 4 is 0 Å². The minimum absolute atomic E-state index is 0.886.